The summed E-state index contributed by atoms with van der Waals surface area (Å²) >= 11 is 1.39. The van der Waals surface area contributed by atoms with E-state index in [0.717, 1.165) is 24.1 Å². The average Bonchev–Trinajstić information content (AvgIpc) is 3.24. The molecule has 30 heavy (non-hydrogen) atoms. The molecule has 4 rings (SSSR count). The van der Waals surface area contributed by atoms with Gasteiger partial charge in [-0.1, -0.05) is 42.5 Å². The van der Waals surface area contributed by atoms with E-state index < -0.39 is 9.84 Å². The predicted molar refractivity (Wildman–Crippen MR) is 117 cm³/mol. The molecule has 156 valence electrons. The highest BCUT2D eigenvalue weighted by atomic mass is 32.2. The van der Waals surface area contributed by atoms with Crippen molar-refractivity contribution in [2.45, 2.75) is 36.3 Å². The lowest BCUT2D eigenvalue weighted by Gasteiger charge is -2.21. The fourth-order valence-electron chi connectivity index (χ4n) is 3.43. The Bertz CT molecular complexity index is 1130. The molecular weight excluding hydrogens is 418 g/mol. The van der Waals surface area contributed by atoms with Crippen molar-refractivity contribution in [2.75, 3.05) is 6.54 Å². The van der Waals surface area contributed by atoms with Crippen molar-refractivity contribution in [3.8, 4) is 0 Å². The van der Waals surface area contributed by atoms with Crippen LogP contribution in [0.2, 0.25) is 0 Å². The maximum atomic E-state index is 13.1. The monoisotopic (exact) mass is 441 g/mol. The summed E-state index contributed by atoms with van der Waals surface area (Å²) in [6.07, 6.45) is 5.10. The average molecular weight is 442 g/mol. The number of carbonyl (C=O) groups is 1. The molecule has 0 atom stereocenters. The number of nitrogens with zero attached hydrogens (tertiary/aromatic N) is 3. The Balaban J connectivity index is 1.64. The molecule has 0 N–H and O–H groups in total. The number of rotatable bonds is 9. The summed E-state index contributed by atoms with van der Waals surface area (Å²) in [4.78, 5) is 19.5. The number of thiophene rings is 1. The highest BCUT2D eigenvalue weighted by molar-refractivity contribution is 7.90. The second-order valence-corrected chi connectivity index (χ2v) is 10.2. The Kier molecular flexibility index (Phi) is 5.87. The van der Waals surface area contributed by atoms with Crippen LogP contribution in [0.15, 0.2) is 71.9 Å². The minimum Gasteiger partial charge on any atom is -0.328 e. The van der Waals surface area contributed by atoms with Crippen LogP contribution in [0.4, 0.5) is 0 Å². The number of hydrogen-bond acceptors (Lipinski definition) is 5. The smallest absolute Gasteiger partial charge is 0.264 e. The van der Waals surface area contributed by atoms with E-state index in [1.54, 1.807) is 35.4 Å². The number of amides is 1. The Morgan fingerprint density at radius 2 is 2.00 bits per heavy atom. The molecule has 1 saturated carbocycles. The van der Waals surface area contributed by atoms with Crippen molar-refractivity contribution in [3.05, 3.63) is 82.8 Å². The van der Waals surface area contributed by atoms with E-state index in [1.165, 1.54) is 11.3 Å². The van der Waals surface area contributed by atoms with Crippen LogP contribution >= 0.6 is 11.3 Å². The van der Waals surface area contributed by atoms with Gasteiger partial charge in [-0.25, -0.2) is 13.4 Å². The van der Waals surface area contributed by atoms with Crippen LogP contribution in [0, 0.1) is 0 Å². The molecule has 0 unspecified atom stereocenters. The van der Waals surface area contributed by atoms with Gasteiger partial charge in [0.2, 0.25) is 15.0 Å². The van der Waals surface area contributed by atoms with Crippen molar-refractivity contribution in [3.63, 3.8) is 0 Å². The number of aromatic nitrogens is 2. The first kappa shape index (κ1) is 20.6. The molecular formula is C22H23N3O3S2. The molecule has 1 aliphatic rings. The van der Waals surface area contributed by atoms with Gasteiger partial charge in [-0.15, -0.1) is 17.9 Å². The molecule has 2 aromatic heterocycles. The molecule has 1 amide bonds. The van der Waals surface area contributed by atoms with Gasteiger partial charge in [0.25, 0.3) is 5.91 Å². The molecule has 0 aliphatic heterocycles. The maximum absolute atomic E-state index is 13.1. The van der Waals surface area contributed by atoms with E-state index in [1.807, 2.05) is 34.2 Å². The lowest BCUT2D eigenvalue weighted by atomic mass is 10.2. The Morgan fingerprint density at radius 1 is 1.23 bits per heavy atom. The van der Waals surface area contributed by atoms with Crippen molar-refractivity contribution >= 4 is 27.1 Å². The summed E-state index contributed by atoms with van der Waals surface area (Å²) in [6, 6.07) is 12.9. The lowest BCUT2D eigenvalue weighted by molar-refractivity contribution is 0.0763. The van der Waals surface area contributed by atoms with E-state index in [2.05, 4.69) is 11.6 Å². The van der Waals surface area contributed by atoms with Gasteiger partial charge in [0.15, 0.2) is 0 Å². The van der Waals surface area contributed by atoms with E-state index in [-0.39, 0.29) is 29.4 Å². The zero-order chi connectivity index (χ0) is 21.1. The third-order valence-electron chi connectivity index (χ3n) is 4.95. The predicted octanol–water partition coefficient (Wildman–Crippen LogP) is 4.08. The molecule has 1 fully saturated rings. The quantitative estimate of drug-likeness (QED) is 0.469. The van der Waals surface area contributed by atoms with Crippen LogP contribution in [0.1, 0.15) is 39.8 Å². The minimum absolute atomic E-state index is 0.0889. The second kappa shape index (κ2) is 8.57. The molecule has 8 heteroatoms. The van der Waals surface area contributed by atoms with Crippen LogP contribution in [0.25, 0.3) is 0 Å². The van der Waals surface area contributed by atoms with Crippen molar-refractivity contribution in [1.82, 2.24) is 14.5 Å². The first-order valence-electron chi connectivity index (χ1n) is 9.76. The first-order valence-corrected chi connectivity index (χ1v) is 12.3. The Labute approximate surface area is 180 Å². The topological polar surface area (TPSA) is 72.3 Å². The highest BCUT2D eigenvalue weighted by Crippen LogP contribution is 2.39. The minimum atomic E-state index is -3.61. The molecule has 0 spiro atoms. The van der Waals surface area contributed by atoms with Gasteiger partial charge < -0.3 is 9.47 Å². The summed E-state index contributed by atoms with van der Waals surface area (Å²) in [6.45, 7) is 4.42. The van der Waals surface area contributed by atoms with E-state index in [4.69, 9.17) is 0 Å². The number of hydrogen-bond donors (Lipinski definition) is 0. The summed E-state index contributed by atoms with van der Waals surface area (Å²) in [7, 11) is -3.61. The molecule has 0 bridgehead atoms. The van der Waals surface area contributed by atoms with Crippen LogP contribution in [0.3, 0.4) is 0 Å². The normalized spacial score (nSPS) is 13.9. The van der Waals surface area contributed by atoms with Crippen LogP contribution < -0.4 is 0 Å². The Morgan fingerprint density at radius 3 is 2.63 bits per heavy atom. The van der Waals surface area contributed by atoms with E-state index in [9.17, 15) is 13.2 Å². The highest BCUT2D eigenvalue weighted by Gasteiger charge is 2.34. The van der Waals surface area contributed by atoms with Crippen LogP contribution in [-0.4, -0.2) is 35.3 Å². The fraction of sp³-hybridized carbons (Fsp3) is 0.273. The fourth-order valence-corrected chi connectivity index (χ4v) is 5.66. The molecule has 6 nitrogen and oxygen atoms in total. The molecule has 0 saturated heterocycles. The van der Waals surface area contributed by atoms with E-state index in [0.29, 0.717) is 11.4 Å². The zero-order valence-corrected chi connectivity index (χ0v) is 18.1. The van der Waals surface area contributed by atoms with Gasteiger partial charge in [-0.2, -0.15) is 0 Å². The maximum Gasteiger partial charge on any atom is 0.264 e. The zero-order valence-electron chi connectivity index (χ0n) is 16.5. The van der Waals surface area contributed by atoms with Crippen LogP contribution in [-0.2, 0) is 22.1 Å². The van der Waals surface area contributed by atoms with Crippen LogP contribution in [0.5, 0.6) is 0 Å². The summed E-state index contributed by atoms with van der Waals surface area (Å²) in [5, 5.41) is 1.95. The van der Waals surface area contributed by atoms with Gasteiger partial charge >= 0.3 is 0 Å². The van der Waals surface area contributed by atoms with Gasteiger partial charge in [-0.05, 0) is 29.9 Å². The van der Waals surface area contributed by atoms with Gasteiger partial charge in [0, 0.05) is 12.6 Å². The summed E-state index contributed by atoms with van der Waals surface area (Å²) < 4.78 is 28.1. The molecule has 1 aromatic carbocycles. The number of benzene rings is 1. The molecule has 1 aliphatic carbocycles. The number of carbonyl (C=O) groups excluding carboxylic acids is 1. The lowest BCUT2D eigenvalue weighted by Crippen LogP contribution is -2.31. The molecule has 2 heterocycles. The van der Waals surface area contributed by atoms with Crippen molar-refractivity contribution < 1.29 is 13.2 Å². The van der Waals surface area contributed by atoms with Crippen molar-refractivity contribution in [2.24, 2.45) is 0 Å². The number of imidazole rings is 1. The summed E-state index contributed by atoms with van der Waals surface area (Å²) in [5.74, 6) is -0.191. The third kappa shape index (κ3) is 4.39. The summed E-state index contributed by atoms with van der Waals surface area (Å²) in [5.41, 5.74) is 1.46. The first-order chi connectivity index (χ1) is 14.5. The van der Waals surface area contributed by atoms with E-state index >= 15 is 0 Å². The van der Waals surface area contributed by atoms with Gasteiger partial charge in [-0.3, -0.25) is 4.79 Å². The van der Waals surface area contributed by atoms with Gasteiger partial charge in [0.05, 0.1) is 29.1 Å². The standard InChI is InChI=1S/C22H23N3O3S2/c1-2-12-24(21(26)20-9-6-13-29-20)15-19-14-23-22(25(19)18-10-11-18)30(27,28)16-17-7-4-3-5-8-17/h2-9,13-14,18H,1,10-12,15-16H2. The van der Waals surface area contributed by atoms with Crippen molar-refractivity contribution in [1.29, 1.82) is 0 Å². The number of sulfone groups is 1. The largest absolute Gasteiger partial charge is 0.328 e. The SMILES string of the molecule is C=CCN(Cc1cnc(S(=O)(=O)Cc2ccccc2)n1C1CC1)C(=O)c1cccs1. The second-order valence-electron chi connectivity index (χ2n) is 7.33. The molecule has 0 radical (unpaired) electrons. The molecule has 3 aromatic rings. The van der Waals surface area contributed by atoms with Gasteiger partial charge in [0.1, 0.15) is 0 Å². The Hall–Kier alpha value is -2.71. The third-order valence-corrected chi connectivity index (χ3v) is 7.38.